The molecule has 88 valence electrons. The average molecular weight is 228 g/mol. The molecule has 2 aliphatic carbocycles. The Hall–Kier alpha value is -1.61. The molecule has 1 aromatic rings. The van der Waals surface area contributed by atoms with E-state index >= 15 is 0 Å². The van der Waals surface area contributed by atoms with Gasteiger partial charge in [-0.3, -0.25) is 4.79 Å². The fraction of sp³-hybridized carbons (Fsp3) is 0.357. The third kappa shape index (κ3) is 1.35. The maximum atomic E-state index is 11.4. The van der Waals surface area contributed by atoms with Crippen LogP contribution in [0.5, 0.6) is 0 Å². The molecule has 0 aromatic carbocycles. The highest BCUT2D eigenvalue weighted by molar-refractivity contribution is 5.47. The zero-order valence-corrected chi connectivity index (χ0v) is 9.86. The molecule has 0 radical (unpaired) electrons. The van der Waals surface area contributed by atoms with Gasteiger partial charge in [-0.2, -0.15) is 0 Å². The molecule has 1 heterocycles. The van der Waals surface area contributed by atoms with Gasteiger partial charge in [-0.15, -0.1) is 0 Å². The average Bonchev–Trinajstić information content (AvgIpc) is 2.27. The van der Waals surface area contributed by atoms with Crippen LogP contribution in [0.4, 0.5) is 0 Å². The molecule has 3 nitrogen and oxygen atoms in total. The van der Waals surface area contributed by atoms with Gasteiger partial charge in [0.05, 0.1) is 5.54 Å². The van der Waals surface area contributed by atoms with Crippen molar-refractivity contribution < 1.29 is 0 Å². The van der Waals surface area contributed by atoms with Crippen LogP contribution in [0.25, 0.3) is 0 Å². The van der Waals surface area contributed by atoms with Gasteiger partial charge in [0.1, 0.15) is 0 Å². The van der Waals surface area contributed by atoms with Gasteiger partial charge in [-0.25, -0.2) is 0 Å². The van der Waals surface area contributed by atoms with Gasteiger partial charge in [-0.05, 0) is 37.0 Å². The number of pyridine rings is 1. The van der Waals surface area contributed by atoms with E-state index < -0.39 is 5.54 Å². The van der Waals surface area contributed by atoms with Gasteiger partial charge >= 0.3 is 0 Å². The Morgan fingerprint density at radius 3 is 3.12 bits per heavy atom. The lowest BCUT2D eigenvalue weighted by Crippen LogP contribution is -2.47. The van der Waals surface area contributed by atoms with E-state index in [4.69, 9.17) is 5.73 Å². The van der Waals surface area contributed by atoms with E-state index in [1.165, 1.54) is 5.57 Å². The van der Waals surface area contributed by atoms with Gasteiger partial charge < -0.3 is 10.7 Å². The number of nitrogens with two attached hydrogens (primary N) is 1. The predicted octanol–water partition coefficient (Wildman–Crippen LogP) is 1.61. The highest BCUT2D eigenvalue weighted by Gasteiger charge is 2.42. The Morgan fingerprint density at radius 2 is 2.35 bits per heavy atom. The van der Waals surface area contributed by atoms with Crippen molar-refractivity contribution in [3.8, 4) is 0 Å². The normalized spacial score (nSPS) is 32.6. The summed E-state index contributed by atoms with van der Waals surface area (Å²) in [5, 5.41) is 0. The van der Waals surface area contributed by atoms with Crippen LogP contribution in [0.3, 0.4) is 0 Å². The summed E-state index contributed by atoms with van der Waals surface area (Å²) >= 11 is 0. The molecule has 0 spiro atoms. The first-order chi connectivity index (χ1) is 8.15. The Bertz CT molecular complexity index is 582. The van der Waals surface area contributed by atoms with Crippen LogP contribution < -0.4 is 11.3 Å². The van der Waals surface area contributed by atoms with Crippen LogP contribution in [-0.2, 0) is 12.0 Å². The van der Waals surface area contributed by atoms with Crippen molar-refractivity contribution in [1.82, 2.24) is 4.98 Å². The Morgan fingerprint density at radius 1 is 1.53 bits per heavy atom. The first-order valence-corrected chi connectivity index (χ1v) is 6.00. The molecule has 0 saturated carbocycles. The molecule has 0 fully saturated rings. The maximum absolute atomic E-state index is 11.4. The number of hydrogen-bond donors (Lipinski definition) is 2. The lowest BCUT2D eigenvalue weighted by atomic mass is 9.65. The summed E-state index contributed by atoms with van der Waals surface area (Å²) in [5.74, 6) is 0.337. The summed E-state index contributed by atoms with van der Waals surface area (Å²) in [6.07, 6.45) is 8.14. The van der Waals surface area contributed by atoms with E-state index in [2.05, 4.69) is 23.2 Å². The number of allylic oxidation sites excluding steroid dienone is 2. The van der Waals surface area contributed by atoms with Gasteiger partial charge in [0.25, 0.3) is 0 Å². The Balaban J connectivity index is 2.28. The van der Waals surface area contributed by atoms with Crippen molar-refractivity contribution in [3.63, 3.8) is 0 Å². The van der Waals surface area contributed by atoms with Crippen molar-refractivity contribution >= 4 is 0 Å². The van der Waals surface area contributed by atoms with E-state index in [1.807, 2.05) is 13.0 Å². The fourth-order valence-corrected chi connectivity index (χ4v) is 3.20. The zero-order valence-electron chi connectivity index (χ0n) is 9.86. The molecule has 1 aromatic heterocycles. The number of aromatic amines is 1. The molecule has 0 saturated heterocycles. The minimum Gasteiger partial charge on any atom is -0.326 e. The van der Waals surface area contributed by atoms with Crippen LogP contribution in [0.2, 0.25) is 0 Å². The van der Waals surface area contributed by atoms with Crippen molar-refractivity contribution in [1.29, 1.82) is 0 Å². The van der Waals surface area contributed by atoms with Crippen LogP contribution in [0.15, 0.2) is 40.7 Å². The van der Waals surface area contributed by atoms with Crippen molar-refractivity contribution in [2.24, 2.45) is 11.7 Å². The highest BCUT2D eigenvalue weighted by atomic mass is 16.1. The zero-order chi connectivity index (χ0) is 12.0. The highest BCUT2D eigenvalue weighted by Crippen LogP contribution is 2.45. The molecule has 0 amide bonds. The van der Waals surface area contributed by atoms with Crippen LogP contribution in [0, 0.1) is 5.92 Å². The maximum Gasteiger partial charge on any atom is 0.248 e. The van der Waals surface area contributed by atoms with Crippen LogP contribution in [-0.4, -0.2) is 4.98 Å². The van der Waals surface area contributed by atoms with E-state index in [9.17, 15) is 4.79 Å². The lowest BCUT2D eigenvalue weighted by molar-refractivity contribution is 0.421. The second-order valence-electron chi connectivity index (χ2n) is 4.87. The first-order valence-electron chi connectivity index (χ1n) is 6.00. The third-order valence-corrected chi connectivity index (χ3v) is 3.94. The third-order valence-electron chi connectivity index (χ3n) is 3.94. The topological polar surface area (TPSA) is 58.9 Å². The summed E-state index contributed by atoms with van der Waals surface area (Å²) in [6.45, 7) is 2.04. The number of nitrogens with one attached hydrogen (secondary N) is 1. The summed E-state index contributed by atoms with van der Waals surface area (Å²) in [6, 6.07) is 3.45. The molecular formula is C14H16N2O. The molecule has 3 heteroatoms. The quantitative estimate of drug-likeness (QED) is 0.663. The van der Waals surface area contributed by atoms with E-state index in [0.717, 1.165) is 24.1 Å². The second-order valence-corrected chi connectivity index (χ2v) is 4.87. The molecule has 2 atom stereocenters. The Labute approximate surface area is 100 Å². The molecule has 2 aliphatic rings. The second kappa shape index (κ2) is 3.44. The van der Waals surface area contributed by atoms with Crippen molar-refractivity contribution in [2.45, 2.75) is 25.3 Å². The SMILES string of the molecule is C/C=C1\[C@H]2C=CC[C@]1(N)c1ccc(=O)[nH]c1C2. The number of aromatic nitrogens is 1. The molecule has 3 rings (SSSR count). The molecule has 2 bridgehead atoms. The van der Waals surface area contributed by atoms with Crippen molar-refractivity contribution in [2.75, 3.05) is 0 Å². The summed E-state index contributed by atoms with van der Waals surface area (Å²) in [7, 11) is 0. The number of fused-ring (bicyclic) bond motifs is 4. The summed E-state index contributed by atoms with van der Waals surface area (Å²) in [5.41, 5.74) is 9.46. The van der Waals surface area contributed by atoms with Crippen LogP contribution in [0.1, 0.15) is 24.6 Å². The van der Waals surface area contributed by atoms with E-state index in [1.54, 1.807) is 6.07 Å². The van der Waals surface area contributed by atoms with Gasteiger partial charge in [0.15, 0.2) is 0 Å². The number of hydrogen-bond acceptors (Lipinski definition) is 2. The number of rotatable bonds is 0. The van der Waals surface area contributed by atoms with Gasteiger partial charge in [0.2, 0.25) is 5.56 Å². The fourth-order valence-electron chi connectivity index (χ4n) is 3.20. The monoisotopic (exact) mass is 228 g/mol. The lowest BCUT2D eigenvalue weighted by Gasteiger charge is -2.43. The van der Waals surface area contributed by atoms with E-state index in [-0.39, 0.29) is 5.56 Å². The molecule has 0 unspecified atom stereocenters. The number of H-pyrrole nitrogens is 1. The van der Waals surface area contributed by atoms with Gasteiger partial charge in [0, 0.05) is 17.7 Å². The summed E-state index contributed by atoms with van der Waals surface area (Å²) in [4.78, 5) is 14.3. The smallest absolute Gasteiger partial charge is 0.248 e. The first kappa shape index (κ1) is 10.5. The Kier molecular flexibility index (Phi) is 2.13. The van der Waals surface area contributed by atoms with Gasteiger partial charge in [-0.1, -0.05) is 18.2 Å². The molecule has 0 aliphatic heterocycles. The van der Waals surface area contributed by atoms with E-state index in [0.29, 0.717) is 5.92 Å². The molecule has 3 N–H and O–H groups in total. The van der Waals surface area contributed by atoms with Crippen molar-refractivity contribution in [3.05, 3.63) is 57.5 Å². The minimum absolute atomic E-state index is 0.0432. The predicted molar refractivity (Wildman–Crippen MR) is 67.6 cm³/mol. The minimum atomic E-state index is -0.425. The molecule has 17 heavy (non-hydrogen) atoms. The largest absolute Gasteiger partial charge is 0.326 e. The standard InChI is InChI=1S/C14H16N2O/c1-2-10-9-4-3-7-14(10,15)11-5-6-13(17)16-12(11)8-9/h2-6,9H,7-8,15H2,1H3,(H,16,17)/b10-2+/t9-,14+/m0/s1. The summed E-state index contributed by atoms with van der Waals surface area (Å²) < 4.78 is 0. The molecular weight excluding hydrogens is 212 g/mol. The van der Waals surface area contributed by atoms with Crippen LogP contribution >= 0.6 is 0 Å².